The summed E-state index contributed by atoms with van der Waals surface area (Å²) < 4.78 is 0. The fraction of sp³-hybridized carbons (Fsp3) is 0.304. The van der Waals surface area contributed by atoms with Gasteiger partial charge >= 0.3 is 0 Å². The van der Waals surface area contributed by atoms with Gasteiger partial charge in [-0.25, -0.2) is 0 Å². The maximum atomic E-state index is 9.15. The molecule has 0 aliphatic rings. The molecule has 0 saturated carbocycles. The number of benzene rings is 2. The van der Waals surface area contributed by atoms with Crippen molar-refractivity contribution in [3.8, 4) is 0 Å². The van der Waals surface area contributed by atoms with Crippen molar-refractivity contribution in [1.82, 2.24) is 4.90 Å². The molecule has 1 N–H and O–H groups in total. The van der Waals surface area contributed by atoms with Crippen LogP contribution < -0.4 is 0 Å². The molecule has 2 rings (SSSR count). The standard InChI is InChI=1S/C23H29NO/c1-2-3-9-22-13-15-23(16-14-22)20-24(18-8-19-25)17-7-12-21-10-5-4-6-11-21/h2,4-7,10-16,25H,1,3,8-9,17-20H2/b12-7+. The van der Waals surface area contributed by atoms with E-state index in [0.717, 1.165) is 38.9 Å². The summed E-state index contributed by atoms with van der Waals surface area (Å²) in [5, 5.41) is 9.15. The van der Waals surface area contributed by atoms with Gasteiger partial charge in [0.2, 0.25) is 0 Å². The molecule has 2 nitrogen and oxygen atoms in total. The SMILES string of the molecule is C=CCCc1ccc(CN(C/C=C/c2ccccc2)CCCO)cc1. The summed E-state index contributed by atoms with van der Waals surface area (Å²) in [7, 11) is 0. The zero-order valence-electron chi connectivity index (χ0n) is 15.0. The number of aryl methyl sites for hydroxylation is 1. The van der Waals surface area contributed by atoms with Crippen LogP contribution in [0.25, 0.3) is 6.08 Å². The summed E-state index contributed by atoms with van der Waals surface area (Å²) in [4.78, 5) is 2.37. The first-order valence-electron chi connectivity index (χ1n) is 9.05. The molecule has 0 aliphatic carbocycles. The quantitative estimate of drug-likeness (QED) is 0.602. The molecule has 0 atom stereocenters. The number of aliphatic hydroxyl groups excluding tert-OH is 1. The fourth-order valence-electron chi connectivity index (χ4n) is 2.77. The van der Waals surface area contributed by atoms with Gasteiger partial charge in [-0.1, -0.05) is 72.8 Å². The summed E-state index contributed by atoms with van der Waals surface area (Å²) in [5.74, 6) is 0. The minimum Gasteiger partial charge on any atom is -0.396 e. The minimum atomic E-state index is 0.236. The van der Waals surface area contributed by atoms with E-state index in [1.165, 1.54) is 16.7 Å². The van der Waals surface area contributed by atoms with Crippen molar-refractivity contribution in [3.63, 3.8) is 0 Å². The predicted octanol–water partition coefficient (Wildman–Crippen LogP) is 4.70. The van der Waals surface area contributed by atoms with Crippen LogP contribution >= 0.6 is 0 Å². The molecule has 0 aromatic heterocycles. The van der Waals surface area contributed by atoms with Gasteiger partial charge in [0.25, 0.3) is 0 Å². The molecule has 25 heavy (non-hydrogen) atoms. The first-order chi connectivity index (χ1) is 12.3. The van der Waals surface area contributed by atoms with Gasteiger partial charge in [-0.3, -0.25) is 4.90 Å². The Morgan fingerprint density at radius 3 is 2.36 bits per heavy atom. The van der Waals surface area contributed by atoms with Crippen LogP contribution in [-0.2, 0) is 13.0 Å². The zero-order chi connectivity index (χ0) is 17.7. The summed E-state index contributed by atoms with van der Waals surface area (Å²) in [6.07, 6.45) is 9.19. The lowest BCUT2D eigenvalue weighted by Gasteiger charge is -2.20. The highest BCUT2D eigenvalue weighted by Gasteiger charge is 2.04. The molecule has 0 spiro atoms. The molecule has 0 fully saturated rings. The lowest BCUT2D eigenvalue weighted by molar-refractivity contribution is 0.232. The minimum absolute atomic E-state index is 0.236. The van der Waals surface area contributed by atoms with Crippen LogP contribution in [0, 0.1) is 0 Å². The maximum Gasteiger partial charge on any atom is 0.0443 e. The molecule has 0 saturated heterocycles. The second-order valence-electron chi connectivity index (χ2n) is 6.27. The topological polar surface area (TPSA) is 23.5 Å². The van der Waals surface area contributed by atoms with E-state index >= 15 is 0 Å². The highest BCUT2D eigenvalue weighted by molar-refractivity contribution is 5.48. The molecule has 132 valence electrons. The van der Waals surface area contributed by atoms with Gasteiger partial charge in [-0.05, 0) is 36.0 Å². The Labute approximate surface area is 152 Å². The Morgan fingerprint density at radius 2 is 1.68 bits per heavy atom. The third-order valence-electron chi connectivity index (χ3n) is 4.17. The Balaban J connectivity index is 1.92. The summed E-state index contributed by atoms with van der Waals surface area (Å²) in [6, 6.07) is 19.2. The van der Waals surface area contributed by atoms with Crippen LogP contribution in [0.3, 0.4) is 0 Å². The second-order valence-corrected chi connectivity index (χ2v) is 6.27. The third-order valence-corrected chi connectivity index (χ3v) is 4.17. The summed E-state index contributed by atoms with van der Waals surface area (Å²) >= 11 is 0. The number of nitrogens with zero attached hydrogens (tertiary/aromatic N) is 1. The normalized spacial score (nSPS) is 11.3. The molecule has 0 amide bonds. The lowest BCUT2D eigenvalue weighted by Crippen LogP contribution is -2.25. The van der Waals surface area contributed by atoms with Crippen LogP contribution in [0.15, 0.2) is 73.3 Å². The number of hydrogen-bond donors (Lipinski definition) is 1. The van der Waals surface area contributed by atoms with Crippen LogP contribution in [0.4, 0.5) is 0 Å². The van der Waals surface area contributed by atoms with E-state index < -0.39 is 0 Å². The van der Waals surface area contributed by atoms with Crippen LogP contribution in [0.1, 0.15) is 29.5 Å². The van der Waals surface area contributed by atoms with E-state index in [1.54, 1.807) is 0 Å². The maximum absolute atomic E-state index is 9.15. The molecular weight excluding hydrogens is 306 g/mol. The Kier molecular flexibility index (Phi) is 8.74. The second kappa shape index (κ2) is 11.4. The molecule has 2 aromatic rings. The van der Waals surface area contributed by atoms with Crippen molar-refractivity contribution in [2.24, 2.45) is 0 Å². The fourth-order valence-corrected chi connectivity index (χ4v) is 2.77. The van der Waals surface area contributed by atoms with Gasteiger partial charge in [0.05, 0.1) is 0 Å². The zero-order valence-corrected chi connectivity index (χ0v) is 15.0. The molecule has 0 radical (unpaired) electrons. The van der Waals surface area contributed by atoms with Crippen LogP contribution in [0.5, 0.6) is 0 Å². The van der Waals surface area contributed by atoms with E-state index in [-0.39, 0.29) is 6.61 Å². The first kappa shape index (κ1) is 19.2. The number of hydrogen-bond acceptors (Lipinski definition) is 2. The molecular formula is C23H29NO. The average Bonchev–Trinajstić information content (AvgIpc) is 2.66. The summed E-state index contributed by atoms with van der Waals surface area (Å²) in [6.45, 7) is 6.70. The highest BCUT2D eigenvalue weighted by Crippen LogP contribution is 2.10. The van der Waals surface area contributed by atoms with Gasteiger partial charge in [-0.15, -0.1) is 6.58 Å². The van der Waals surface area contributed by atoms with Gasteiger partial charge in [0.15, 0.2) is 0 Å². The lowest BCUT2D eigenvalue weighted by atomic mass is 10.1. The van der Waals surface area contributed by atoms with Crippen molar-refractivity contribution in [2.45, 2.75) is 25.8 Å². The first-order valence-corrected chi connectivity index (χ1v) is 9.05. The van der Waals surface area contributed by atoms with Crippen molar-refractivity contribution in [1.29, 1.82) is 0 Å². The Bertz CT molecular complexity index is 631. The molecule has 0 heterocycles. The van der Waals surface area contributed by atoms with E-state index in [1.807, 2.05) is 12.1 Å². The predicted molar refractivity (Wildman–Crippen MR) is 107 cm³/mol. The highest BCUT2D eigenvalue weighted by atomic mass is 16.3. The van der Waals surface area contributed by atoms with Crippen molar-refractivity contribution >= 4 is 6.08 Å². The largest absolute Gasteiger partial charge is 0.396 e. The number of aliphatic hydroxyl groups is 1. The molecule has 2 aromatic carbocycles. The van der Waals surface area contributed by atoms with Gasteiger partial charge < -0.3 is 5.11 Å². The van der Waals surface area contributed by atoms with Gasteiger partial charge in [0, 0.05) is 26.2 Å². The third kappa shape index (κ3) is 7.51. The van der Waals surface area contributed by atoms with Crippen LogP contribution in [-0.4, -0.2) is 29.7 Å². The Morgan fingerprint density at radius 1 is 0.960 bits per heavy atom. The number of allylic oxidation sites excluding steroid dienone is 1. The van der Waals surface area contributed by atoms with E-state index in [4.69, 9.17) is 5.11 Å². The molecule has 0 aliphatic heterocycles. The van der Waals surface area contributed by atoms with E-state index in [9.17, 15) is 0 Å². The van der Waals surface area contributed by atoms with Crippen molar-refractivity contribution in [2.75, 3.05) is 19.7 Å². The van der Waals surface area contributed by atoms with Crippen molar-refractivity contribution < 1.29 is 5.11 Å². The smallest absolute Gasteiger partial charge is 0.0443 e. The monoisotopic (exact) mass is 335 g/mol. The number of rotatable bonds is 11. The van der Waals surface area contributed by atoms with E-state index in [0.29, 0.717) is 0 Å². The Hall–Kier alpha value is -2.16. The van der Waals surface area contributed by atoms with E-state index in [2.05, 4.69) is 72.2 Å². The molecule has 2 heteroatoms. The molecule has 0 bridgehead atoms. The van der Waals surface area contributed by atoms with Gasteiger partial charge in [-0.2, -0.15) is 0 Å². The van der Waals surface area contributed by atoms with Crippen molar-refractivity contribution in [3.05, 3.63) is 90.0 Å². The molecule has 0 unspecified atom stereocenters. The van der Waals surface area contributed by atoms with Crippen LogP contribution in [0.2, 0.25) is 0 Å². The average molecular weight is 335 g/mol. The summed E-state index contributed by atoms with van der Waals surface area (Å²) in [5.41, 5.74) is 3.89. The van der Waals surface area contributed by atoms with Gasteiger partial charge in [0.1, 0.15) is 0 Å².